The van der Waals surface area contributed by atoms with E-state index < -0.39 is 6.04 Å². The number of amides is 2. The van der Waals surface area contributed by atoms with Gasteiger partial charge in [-0.15, -0.1) is 0 Å². The second kappa shape index (κ2) is 12.9. The molecule has 2 atom stereocenters. The second-order valence-corrected chi connectivity index (χ2v) is 12.7. The van der Waals surface area contributed by atoms with Crippen LogP contribution in [0.5, 0.6) is 23.0 Å². The number of nitrogens with zero attached hydrogens (tertiary/aromatic N) is 4. The Kier molecular flexibility index (Phi) is 8.10. The van der Waals surface area contributed by atoms with Gasteiger partial charge >= 0.3 is 0 Å². The van der Waals surface area contributed by atoms with E-state index in [4.69, 9.17) is 23.9 Å². The molecule has 0 spiro atoms. The number of ether oxygens (including phenoxy) is 4. The molecule has 0 saturated heterocycles. The normalized spacial score (nSPS) is 18.6. The Bertz CT molecular complexity index is 2080. The van der Waals surface area contributed by atoms with Crippen molar-refractivity contribution in [2.75, 3.05) is 27.4 Å². The standard InChI is InChI=1S/C39H36N4O7/c1-47-33-16-28-30(40-20-27-14-23-8-3-5-10-25(23)21-42(27)38(28)45)18-35(33)49-12-7-13-50-36-19-31-29(17-34(36)48-2)39(46)43-22-26-11-6-4-9-24(26)15-32(43)37(44)41-31/h3-6,8-11,16-20,27,32H,7,12-15,21-22H2,1-2H3,(H,41,44). The van der Waals surface area contributed by atoms with Crippen molar-refractivity contribution in [3.63, 3.8) is 0 Å². The number of aliphatic imine (C=N–C) groups is 2. The van der Waals surface area contributed by atoms with Crippen LogP contribution in [-0.2, 0) is 25.9 Å². The van der Waals surface area contributed by atoms with Gasteiger partial charge in [0.15, 0.2) is 23.0 Å². The third-order valence-electron chi connectivity index (χ3n) is 9.81. The number of aliphatic hydroxyl groups excluding tert-OH is 1. The first kappa shape index (κ1) is 31.4. The maximum atomic E-state index is 13.7. The summed E-state index contributed by atoms with van der Waals surface area (Å²) >= 11 is 0. The Labute approximate surface area is 289 Å². The summed E-state index contributed by atoms with van der Waals surface area (Å²) in [7, 11) is 3.06. The van der Waals surface area contributed by atoms with Gasteiger partial charge in [0, 0.05) is 44.3 Å². The quantitative estimate of drug-likeness (QED) is 0.228. The van der Waals surface area contributed by atoms with Crippen LogP contribution in [0.4, 0.5) is 11.4 Å². The summed E-state index contributed by atoms with van der Waals surface area (Å²) in [6.45, 7) is 1.46. The summed E-state index contributed by atoms with van der Waals surface area (Å²) in [6.07, 6.45) is 3.54. The largest absolute Gasteiger partial charge is 0.495 e. The predicted molar refractivity (Wildman–Crippen MR) is 187 cm³/mol. The van der Waals surface area contributed by atoms with Crippen molar-refractivity contribution in [3.8, 4) is 23.0 Å². The van der Waals surface area contributed by atoms with Crippen molar-refractivity contribution in [2.24, 2.45) is 9.98 Å². The molecule has 0 aromatic heterocycles. The zero-order valence-corrected chi connectivity index (χ0v) is 27.8. The van der Waals surface area contributed by atoms with Crippen molar-refractivity contribution in [1.29, 1.82) is 0 Å². The van der Waals surface area contributed by atoms with Crippen LogP contribution in [0.15, 0.2) is 82.8 Å². The molecule has 0 radical (unpaired) electrons. The van der Waals surface area contributed by atoms with Gasteiger partial charge in [-0.25, -0.2) is 4.99 Å². The molecule has 11 nitrogen and oxygen atoms in total. The second-order valence-electron chi connectivity index (χ2n) is 12.7. The number of aliphatic hydroxyl groups is 1. The maximum absolute atomic E-state index is 13.7. The lowest BCUT2D eigenvalue weighted by molar-refractivity contribution is 0.0685. The topological polar surface area (TPSA) is 122 Å². The molecule has 11 heteroatoms. The number of benzene rings is 4. The van der Waals surface area contributed by atoms with Gasteiger partial charge in [-0.2, -0.15) is 0 Å². The first-order valence-electron chi connectivity index (χ1n) is 16.7. The highest BCUT2D eigenvalue weighted by Gasteiger charge is 2.38. The summed E-state index contributed by atoms with van der Waals surface area (Å²) in [4.78, 5) is 40.1. The highest BCUT2D eigenvalue weighted by molar-refractivity contribution is 6.05. The number of fused-ring (bicyclic) bond motifs is 6. The Balaban J connectivity index is 0.946. The molecule has 0 aliphatic carbocycles. The molecular formula is C39H36N4O7. The van der Waals surface area contributed by atoms with Crippen molar-refractivity contribution < 1.29 is 33.6 Å². The summed E-state index contributed by atoms with van der Waals surface area (Å²) in [5.41, 5.74) is 6.18. The van der Waals surface area contributed by atoms with E-state index >= 15 is 0 Å². The van der Waals surface area contributed by atoms with Gasteiger partial charge in [0.05, 0.1) is 56.0 Å². The van der Waals surface area contributed by atoms with E-state index in [2.05, 4.69) is 17.1 Å². The van der Waals surface area contributed by atoms with Gasteiger partial charge in [0.1, 0.15) is 6.04 Å². The molecule has 0 saturated carbocycles. The maximum Gasteiger partial charge on any atom is 0.257 e. The van der Waals surface area contributed by atoms with Gasteiger partial charge in [-0.3, -0.25) is 14.6 Å². The fraction of sp³-hybridized carbons (Fsp3) is 0.282. The fourth-order valence-corrected chi connectivity index (χ4v) is 7.15. The van der Waals surface area contributed by atoms with Gasteiger partial charge < -0.3 is 33.9 Å². The Hall–Kier alpha value is -5.84. The average molecular weight is 673 g/mol. The van der Waals surface area contributed by atoms with Crippen LogP contribution >= 0.6 is 0 Å². The molecule has 2 unspecified atom stereocenters. The van der Waals surface area contributed by atoms with Crippen LogP contribution in [0.25, 0.3) is 0 Å². The molecule has 4 aliphatic heterocycles. The van der Waals surface area contributed by atoms with Crippen LogP contribution in [-0.4, -0.2) is 78.4 Å². The molecule has 0 bridgehead atoms. The Morgan fingerprint density at radius 3 is 1.88 bits per heavy atom. The molecule has 254 valence electrons. The van der Waals surface area contributed by atoms with E-state index in [-0.39, 0.29) is 30.4 Å². The predicted octanol–water partition coefficient (Wildman–Crippen LogP) is 6.00. The van der Waals surface area contributed by atoms with Crippen molar-refractivity contribution in [2.45, 2.75) is 44.4 Å². The highest BCUT2D eigenvalue weighted by Crippen LogP contribution is 2.40. The van der Waals surface area contributed by atoms with E-state index in [1.807, 2.05) is 47.5 Å². The van der Waals surface area contributed by atoms with Crippen LogP contribution in [0.3, 0.4) is 0 Å². The van der Waals surface area contributed by atoms with Crippen molar-refractivity contribution in [3.05, 3.63) is 106 Å². The van der Waals surface area contributed by atoms with Gasteiger partial charge in [0.25, 0.3) is 11.8 Å². The summed E-state index contributed by atoms with van der Waals surface area (Å²) in [5.74, 6) is 1.27. The lowest BCUT2D eigenvalue weighted by Crippen LogP contribution is -2.47. The zero-order chi connectivity index (χ0) is 34.4. The molecule has 50 heavy (non-hydrogen) atoms. The Morgan fingerprint density at radius 2 is 1.24 bits per heavy atom. The molecule has 4 aromatic rings. The highest BCUT2D eigenvalue weighted by atomic mass is 16.5. The average Bonchev–Trinajstić information content (AvgIpc) is 3.33. The van der Waals surface area contributed by atoms with E-state index in [0.717, 1.165) is 16.7 Å². The number of rotatable bonds is 8. The number of hydrogen-bond acceptors (Lipinski definition) is 8. The molecule has 4 aliphatic rings. The monoisotopic (exact) mass is 672 g/mol. The van der Waals surface area contributed by atoms with Gasteiger partial charge in [0.2, 0.25) is 5.90 Å². The minimum atomic E-state index is -0.551. The summed E-state index contributed by atoms with van der Waals surface area (Å²) in [6, 6.07) is 22.1. The van der Waals surface area contributed by atoms with Crippen molar-refractivity contribution >= 4 is 35.3 Å². The lowest BCUT2D eigenvalue weighted by Gasteiger charge is -2.34. The number of hydrogen-bond donors (Lipinski definition) is 1. The fourth-order valence-electron chi connectivity index (χ4n) is 7.15. The number of methoxy groups -OCH3 is 2. The minimum absolute atomic E-state index is 0.0923. The molecule has 4 aromatic carbocycles. The van der Waals surface area contributed by atoms with E-state index in [1.54, 1.807) is 36.3 Å². The van der Waals surface area contributed by atoms with E-state index in [1.165, 1.54) is 12.7 Å². The lowest BCUT2D eigenvalue weighted by atomic mass is 9.93. The molecule has 0 fully saturated rings. The third-order valence-corrected chi connectivity index (χ3v) is 9.81. The molecule has 2 amide bonds. The van der Waals surface area contributed by atoms with Crippen LogP contribution < -0.4 is 18.9 Å². The van der Waals surface area contributed by atoms with Crippen molar-refractivity contribution in [1.82, 2.24) is 9.80 Å². The van der Waals surface area contributed by atoms with Gasteiger partial charge in [-0.05, 0) is 40.8 Å². The molecule has 1 N–H and O–H groups in total. The Morgan fingerprint density at radius 1 is 0.700 bits per heavy atom. The number of carbonyl (C=O) groups is 2. The third kappa shape index (κ3) is 5.58. The first-order valence-corrected chi connectivity index (χ1v) is 16.7. The molecule has 8 rings (SSSR count). The van der Waals surface area contributed by atoms with Crippen LogP contribution in [0.2, 0.25) is 0 Å². The van der Waals surface area contributed by atoms with Gasteiger partial charge in [-0.1, -0.05) is 48.5 Å². The number of carbonyl (C=O) groups excluding carboxylic acids is 2. The van der Waals surface area contributed by atoms with Crippen LogP contribution in [0.1, 0.15) is 49.4 Å². The minimum Gasteiger partial charge on any atom is -0.495 e. The SMILES string of the molecule is COc1cc2c(cc1OCCCOc1cc3c(cc1OC)C(=O)N1Cc4ccccc4CC1C(O)=N3)N=CC1Cc3ccccc3CN1C2=O. The zero-order valence-electron chi connectivity index (χ0n) is 27.8. The van der Waals surface area contributed by atoms with Crippen LogP contribution in [0, 0.1) is 0 Å². The summed E-state index contributed by atoms with van der Waals surface area (Å²) in [5, 5.41) is 11.0. The molecular weight excluding hydrogens is 636 g/mol. The smallest absolute Gasteiger partial charge is 0.257 e. The summed E-state index contributed by atoms with van der Waals surface area (Å²) < 4.78 is 23.4. The first-order chi connectivity index (χ1) is 24.4. The molecule has 4 heterocycles. The van der Waals surface area contributed by atoms with E-state index in [9.17, 15) is 14.7 Å². The van der Waals surface area contributed by atoms with E-state index in [0.29, 0.717) is 84.5 Å².